The molecule has 0 spiro atoms. The van der Waals surface area contributed by atoms with Crippen molar-refractivity contribution in [3.05, 3.63) is 65.7 Å². The summed E-state index contributed by atoms with van der Waals surface area (Å²) in [6.45, 7) is 0. The Balaban J connectivity index is 1.70. The van der Waals surface area contributed by atoms with Crippen LogP contribution in [0.3, 0.4) is 0 Å². The Hall–Kier alpha value is -2.79. The molecule has 0 saturated heterocycles. The molecule has 0 fully saturated rings. The summed E-state index contributed by atoms with van der Waals surface area (Å²) < 4.78 is 5.12. The van der Waals surface area contributed by atoms with Crippen LogP contribution in [0.2, 0.25) is 5.02 Å². The van der Waals surface area contributed by atoms with E-state index in [9.17, 15) is 9.59 Å². The molecule has 2 atom stereocenters. The van der Waals surface area contributed by atoms with Gasteiger partial charge in [0.1, 0.15) is 5.75 Å². The van der Waals surface area contributed by atoms with Crippen LogP contribution in [0.5, 0.6) is 5.75 Å². The van der Waals surface area contributed by atoms with Crippen LogP contribution in [0.25, 0.3) is 0 Å². The van der Waals surface area contributed by atoms with Gasteiger partial charge < -0.3 is 15.4 Å². The summed E-state index contributed by atoms with van der Waals surface area (Å²) in [7, 11) is 1.59. The first-order chi connectivity index (χ1) is 13.1. The predicted molar refractivity (Wildman–Crippen MR) is 107 cm³/mol. The minimum Gasteiger partial charge on any atom is -0.497 e. The van der Waals surface area contributed by atoms with Crippen molar-refractivity contribution in [2.24, 2.45) is 11.8 Å². The highest BCUT2D eigenvalue weighted by atomic mass is 35.5. The van der Waals surface area contributed by atoms with Crippen molar-refractivity contribution in [2.45, 2.75) is 12.8 Å². The molecule has 27 heavy (non-hydrogen) atoms. The van der Waals surface area contributed by atoms with Gasteiger partial charge in [0, 0.05) is 5.69 Å². The van der Waals surface area contributed by atoms with E-state index in [1.165, 1.54) is 0 Å². The number of rotatable bonds is 5. The average Bonchev–Trinajstić information content (AvgIpc) is 2.70. The van der Waals surface area contributed by atoms with E-state index in [-0.39, 0.29) is 11.8 Å². The third kappa shape index (κ3) is 4.68. The Labute approximate surface area is 163 Å². The second-order valence-corrected chi connectivity index (χ2v) is 6.75. The van der Waals surface area contributed by atoms with Gasteiger partial charge in [-0.1, -0.05) is 35.9 Å². The van der Waals surface area contributed by atoms with Crippen LogP contribution in [0.15, 0.2) is 60.7 Å². The van der Waals surface area contributed by atoms with Gasteiger partial charge in [-0.3, -0.25) is 9.59 Å². The summed E-state index contributed by atoms with van der Waals surface area (Å²) in [4.78, 5) is 25.5. The molecular weight excluding hydrogens is 364 g/mol. The van der Waals surface area contributed by atoms with Crippen LogP contribution in [0.1, 0.15) is 12.8 Å². The van der Waals surface area contributed by atoms with Crippen LogP contribution in [-0.2, 0) is 9.59 Å². The number of allylic oxidation sites excluding steroid dienone is 2. The second kappa shape index (κ2) is 8.73. The smallest absolute Gasteiger partial charge is 0.228 e. The fourth-order valence-corrected chi connectivity index (χ4v) is 3.27. The Bertz CT molecular complexity index is 849. The van der Waals surface area contributed by atoms with Crippen LogP contribution in [0, 0.1) is 11.8 Å². The number of hydrogen-bond donors (Lipinski definition) is 2. The zero-order valence-corrected chi connectivity index (χ0v) is 15.7. The second-order valence-electron chi connectivity index (χ2n) is 6.34. The van der Waals surface area contributed by atoms with E-state index >= 15 is 0 Å². The normalized spacial score (nSPS) is 18.6. The van der Waals surface area contributed by atoms with Crippen molar-refractivity contribution in [2.75, 3.05) is 17.7 Å². The molecule has 0 saturated carbocycles. The van der Waals surface area contributed by atoms with Gasteiger partial charge in [0.05, 0.1) is 29.7 Å². The van der Waals surface area contributed by atoms with E-state index in [1.54, 1.807) is 55.6 Å². The van der Waals surface area contributed by atoms with Crippen LogP contribution in [-0.4, -0.2) is 18.9 Å². The van der Waals surface area contributed by atoms with Crippen molar-refractivity contribution >= 4 is 34.8 Å². The van der Waals surface area contributed by atoms with Gasteiger partial charge in [-0.2, -0.15) is 0 Å². The largest absolute Gasteiger partial charge is 0.497 e. The molecular formula is C21H21ClN2O3. The van der Waals surface area contributed by atoms with E-state index in [4.69, 9.17) is 16.3 Å². The number of amides is 2. The molecule has 1 aliphatic rings. The number of hydrogen-bond acceptors (Lipinski definition) is 3. The van der Waals surface area contributed by atoms with Crippen molar-refractivity contribution in [1.82, 2.24) is 0 Å². The molecule has 3 rings (SSSR count). The third-order valence-corrected chi connectivity index (χ3v) is 4.92. The van der Waals surface area contributed by atoms with Gasteiger partial charge in [0.15, 0.2) is 0 Å². The van der Waals surface area contributed by atoms with Gasteiger partial charge >= 0.3 is 0 Å². The van der Waals surface area contributed by atoms with Gasteiger partial charge in [-0.25, -0.2) is 0 Å². The van der Waals surface area contributed by atoms with Crippen molar-refractivity contribution < 1.29 is 14.3 Å². The van der Waals surface area contributed by atoms with Crippen molar-refractivity contribution in [1.29, 1.82) is 0 Å². The molecule has 0 heterocycles. The molecule has 2 aromatic carbocycles. The van der Waals surface area contributed by atoms with E-state index < -0.39 is 11.8 Å². The maximum Gasteiger partial charge on any atom is 0.228 e. The lowest BCUT2D eigenvalue weighted by Crippen LogP contribution is -2.37. The average molecular weight is 385 g/mol. The fourth-order valence-electron chi connectivity index (χ4n) is 3.09. The predicted octanol–water partition coefficient (Wildman–Crippen LogP) is 4.51. The zero-order valence-electron chi connectivity index (χ0n) is 14.9. The molecule has 1 aliphatic carbocycles. The number of para-hydroxylation sites is 1. The first-order valence-corrected chi connectivity index (χ1v) is 9.11. The molecule has 0 bridgehead atoms. The van der Waals surface area contributed by atoms with Crippen molar-refractivity contribution in [3.63, 3.8) is 0 Å². The number of carbonyl (C=O) groups excluding carboxylic acids is 2. The Kier molecular flexibility index (Phi) is 6.14. The molecule has 6 heteroatoms. The van der Waals surface area contributed by atoms with Gasteiger partial charge in [0.25, 0.3) is 0 Å². The first-order valence-electron chi connectivity index (χ1n) is 8.74. The number of anilines is 2. The Morgan fingerprint density at radius 1 is 0.926 bits per heavy atom. The fraction of sp³-hybridized carbons (Fsp3) is 0.238. The summed E-state index contributed by atoms with van der Waals surface area (Å²) in [5.74, 6) is -0.569. The third-order valence-electron chi connectivity index (χ3n) is 4.60. The lowest BCUT2D eigenvalue weighted by atomic mass is 9.81. The minimum absolute atomic E-state index is 0.177. The lowest BCUT2D eigenvalue weighted by molar-refractivity contribution is -0.129. The lowest BCUT2D eigenvalue weighted by Gasteiger charge is -2.27. The molecule has 140 valence electrons. The summed E-state index contributed by atoms with van der Waals surface area (Å²) >= 11 is 6.12. The highest BCUT2D eigenvalue weighted by Gasteiger charge is 2.34. The number of ether oxygens (including phenoxy) is 1. The minimum atomic E-state index is -0.454. The molecule has 0 radical (unpaired) electrons. The topological polar surface area (TPSA) is 67.4 Å². The van der Waals surface area contributed by atoms with Crippen molar-refractivity contribution in [3.8, 4) is 5.75 Å². The monoisotopic (exact) mass is 384 g/mol. The van der Waals surface area contributed by atoms with E-state index in [0.29, 0.717) is 35.0 Å². The Morgan fingerprint density at radius 3 is 2.11 bits per heavy atom. The SMILES string of the molecule is COc1ccc(NC(=O)[C@@H]2CC=CC[C@H]2C(=O)Nc2ccccc2Cl)cc1. The summed E-state index contributed by atoms with van der Waals surface area (Å²) in [5, 5.41) is 6.20. The van der Waals surface area contributed by atoms with Gasteiger partial charge in [-0.05, 0) is 49.2 Å². The van der Waals surface area contributed by atoms with E-state index in [1.807, 2.05) is 12.2 Å². The summed E-state index contributed by atoms with van der Waals surface area (Å²) in [5.41, 5.74) is 1.22. The standard InChI is InChI=1S/C21H21ClN2O3/c1-27-15-12-10-14(11-13-15)23-20(25)16-6-2-3-7-17(16)21(26)24-19-9-5-4-8-18(19)22/h2-5,8-13,16-17H,6-7H2,1H3,(H,23,25)(H,24,26)/t16-,17-/m1/s1. The zero-order chi connectivity index (χ0) is 19.2. The van der Waals surface area contributed by atoms with Crippen LogP contribution < -0.4 is 15.4 Å². The van der Waals surface area contributed by atoms with E-state index in [0.717, 1.165) is 0 Å². The number of benzene rings is 2. The highest BCUT2D eigenvalue weighted by Crippen LogP contribution is 2.30. The van der Waals surface area contributed by atoms with Crippen LogP contribution in [0.4, 0.5) is 11.4 Å². The summed E-state index contributed by atoms with van der Waals surface area (Å²) in [6, 6.07) is 14.2. The highest BCUT2D eigenvalue weighted by molar-refractivity contribution is 6.33. The molecule has 0 aliphatic heterocycles. The maximum absolute atomic E-state index is 12.8. The number of carbonyl (C=O) groups is 2. The molecule has 0 aromatic heterocycles. The maximum atomic E-state index is 12.8. The quantitative estimate of drug-likeness (QED) is 0.745. The van der Waals surface area contributed by atoms with Gasteiger partial charge in [-0.15, -0.1) is 0 Å². The van der Waals surface area contributed by atoms with E-state index in [2.05, 4.69) is 10.6 Å². The number of nitrogens with one attached hydrogen (secondary N) is 2. The molecule has 2 aromatic rings. The molecule has 2 N–H and O–H groups in total. The van der Waals surface area contributed by atoms with Gasteiger partial charge in [0.2, 0.25) is 11.8 Å². The number of methoxy groups -OCH3 is 1. The molecule has 5 nitrogen and oxygen atoms in total. The Morgan fingerprint density at radius 2 is 1.52 bits per heavy atom. The number of halogens is 1. The van der Waals surface area contributed by atoms with Crippen LogP contribution >= 0.6 is 11.6 Å². The first kappa shape index (κ1) is 19.0. The molecule has 2 amide bonds. The summed E-state index contributed by atoms with van der Waals surface area (Å²) in [6.07, 6.45) is 4.91. The molecule has 0 unspecified atom stereocenters.